The Balaban J connectivity index is 2.17. The van der Waals surface area contributed by atoms with E-state index in [-0.39, 0.29) is 11.6 Å². The van der Waals surface area contributed by atoms with Crippen molar-refractivity contribution in [1.29, 1.82) is 0 Å². The number of aliphatic hydroxyl groups is 2. The van der Waals surface area contributed by atoms with Gasteiger partial charge in [-0.25, -0.2) is 9.67 Å². The fourth-order valence-corrected chi connectivity index (χ4v) is 3.58. The molecule has 0 saturated carbocycles. The number of nitrogens with zero attached hydrogens (tertiary/aromatic N) is 3. The van der Waals surface area contributed by atoms with Gasteiger partial charge in [0.05, 0.1) is 6.54 Å². The zero-order chi connectivity index (χ0) is 18.9. The standard InChI is InChI=1S/C18H16Cl3N3O2/c1-17(25,12-2-4-13(19)5-3-12)18(26,9-24-11-22-10-23-24)15-7-6-14(20)8-16(15)21/h2-8,10-11,25-26H,9H2,1H3/t17-,18+/m1/s1. The summed E-state index contributed by atoms with van der Waals surface area (Å²) in [6.07, 6.45) is 2.80. The molecular weight excluding hydrogens is 397 g/mol. The summed E-state index contributed by atoms with van der Waals surface area (Å²) in [5.74, 6) is 0. The van der Waals surface area contributed by atoms with Gasteiger partial charge < -0.3 is 10.2 Å². The van der Waals surface area contributed by atoms with E-state index in [0.717, 1.165) is 0 Å². The van der Waals surface area contributed by atoms with Gasteiger partial charge in [-0.05, 0) is 36.8 Å². The van der Waals surface area contributed by atoms with Gasteiger partial charge in [-0.2, -0.15) is 5.10 Å². The van der Waals surface area contributed by atoms with Crippen LogP contribution >= 0.6 is 34.8 Å². The topological polar surface area (TPSA) is 71.2 Å². The van der Waals surface area contributed by atoms with Crippen LogP contribution in [-0.2, 0) is 17.7 Å². The molecule has 0 bridgehead atoms. The fraction of sp³-hybridized carbons (Fsp3) is 0.222. The van der Waals surface area contributed by atoms with E-state index in [4.69, 9.17) is 34.8 Å². The molecule has 2 atom stereocenters. The summed E-state index contributed by atoms with van der Waals surface area (Å²) in [5, 5.41) is 28.3. The van der Waals surface area contributed by atoms with Crippen LogP contribution in [-0.4, -0.2) is 25.0 Å². The van der Waals surface area contributed by atoms with E-state index in [9.17, 15) is 10.2 Å². The number of aromatic nitrogens is 3. The van der Waals surface area contributed by atoms with E-state index in [1.165, 1.54) is 30.3 Å². The average Bonchev–Trinajstić information content (AvgIpc) is 3.07. The maximum Gasteiger partial charge on any atom is 0.143 e. The number of benzene rings is 2. The Morgan fingerprint density at radius 3 is 2.23 bits per heavy atom. The first-order valence-electron chi connectivity index (χ1n) is 7.73. The van der Waals surface area contributed by atoms with Gasteiger partial charge in [0.2, 0.25) is 0 Å². The minimum atomic E-state index is -1.82. The molecule has 0 saturated heterocycles. The quantitative estimate of drug-likeness (QED) is 0.663. The normalized spacial score (nSPS) is 16.1. The van der Waals surface area contributed by atoms with Crippen LogP contribution in [0.1, 0.15) is 18.1 Å². The van der Waals surface area contributed by atoms with Gasteiger partial charge in [0.25, 0.3) is 0 Å². The second-order valence-corrected chi connectivity index (χ2v) is 7.44. The molecule has 26 heavy (non-hydrogen) atoms. The zero-order valence-corrected chi connectivity index (χ0v) is 16.0. The third kappa shape index (κ3) is 3.46. The van der Waals surface area contributed by atoms with Gasteiger partial charge in [-0.15, -0.1) is 0 Å². The van der Waals surface area contributed by atoms with Gasteiger partial charge in [0, 0.05) is 20.6 Å². The van der Waals surface area contributed by atoms with Gasteiger partial charge >= 0.3 is 0 Å². The molecule has 8 heteroatoms. The average molecular weight is 413 g/mol. The van der Waals surface area contributed by atoms with Crippen molar-refractivity contribution in [2.45, 2.75) is 24.7 Å². The lowest BCUT2D eigenvalue weighted by Gasteiger charge is -2.42. The lowest BCUT2D eigenvalue weighted by molar-refractivity contribution is -0.164. The number of hydrogen-bond acceptors (Lipinski definition) is 4. The molecular formula is C18H16Cl3N3O2. The molecule has 0 aliphatic carbocycles. The molecule has 136 valence electrons. The van der Waals surface area contributed by atoms with Crippen molar-refractivity contribution >= 4 is 34.8 Å². The highest BCUT2D eigenvalue weighted by Gasteiger charge is 2.50. The maximum atomic E-state index is 11.7. The van der Waals surface area contributed by atoms with Crippen LogP contribution in [0.4, 0.5) is 0 Å². The van der Waals surface area contributed by atoms with E-state index in [2.05, 4.69) is 10.1 Å². The summed E-state index contributed by atoms with van der Waals surface area (Å²) in [5.41, 5.74) is -2.76. The summed E-state index contributed by atoms with van der Waals surface area (Å²) >= 11 is 18.3. The molecule has 0 unspecified atom stereocenters. The molecule has 1 aromatic heterocycles. The highest BCUT2D eigenvalue weighted by atomic mass is 35.5. The van der Waals surface area contributed by atoms with E-state index in [0.29, 0.717) is 21.2 Å². The summed E-state index contributed by atoms with van der Waals surface area (Å²) in [6.45, 7) is 1.43. The Hall–Kier alpha value is -1.63. The van der Waals surface area contributed by atoms with Gasteiger partial charge in [0.15, 0.2) is 0 Å². The summed E-state index contributed by atoms with van der Waals surface area (Å²) in [4.78, 5) is 3.89. The third-order valence-corrected chi connectivity index (χ3v) is 5.25. The molecule has 0 spiro atoms. The molecule has 0 radical (unpaired) electrons. The van der Waals surface area contributed by atoms with Crippen LogP contribution in [0.25, 0.3) is 0 Å². The Morgan fingerprint density at radius 2 is 1.65 bits per heavy atom. The van der Waals surface area contributed by atoms with E-state index in [1.54, 1.807) is 36.4 Å². The molecule has 1 heterocycles. The minimum Gasteiger partial charge on any atom is -0.382 e. The molecule has 0 aliphatic heterocycles. The monoisotopic (exact) mass is 411 g/mol. The van der Waals surface area contributed by atoms with Crippen LogP contribution in [0.5, 0.6) is 0 Å². The van der Waals surface area contributed by atoms with Crippen molar-refractivity contribution in [3.05, 3.63) is 81.3 Å². The lowest BCUT2D eigenvalue weighted by atomic mass is 9.74. The molecule has 0 aliphatic rings. The molecule has 0 fully saturated rings. The lowest BCUT2D eigenvalue weighted by Crippen LogP contribution is -2.50. The summed E-state index contributed by atoms with van der Waals surface area (Å²) < 4.78 is 1.43. The Morgan fingerprint density at radius 1 is 1.00 bits per heavy atom. The van der Waals surface area contributed by atoms with Crippen molar-refractivity contribution in [3.63, 3.8) is 0 Å². The zero-order valence-electron chi connectivity index (χ0n) is 13.8. The molecule has 2 aromatic carbocycles. The van der Waals surface area contributed by atoms with Gasteiger partial charge in [-0.3, -0.25) is 0 Å². The highest BCUT2D eigenvalue weighted by Crippen LogP contribution is 2.44. The SMILES string of the molecule is C[C@@](O)(c1ccc(Cl)cc1)[C@](O)(Cn1cncn1)c1ccc(Cl)cc1Cl. The second-order valence-electron chi connectivity index (χ2n) is 6.16. The summed E-state index contributed by atoms with van der Waals surface area (Å²) in [6, 6.07) is 11.3. The molecule has 3 rings (SSSR count). The Bertz CT molecular complexity index is 899. The molecule has 0 amide bonds. The Kier molecular flexibility index (Phi) is 5.28. The first-order valence-corrected chi connectivity index (χ1v) is 8.86. The van der Waals surface area contributed by atoms with Crippen LogP contribution in [0, 0.1) is 0 Å². The van der Waals surface area contributed by atoms with Crippen LogP contribution in [0.3, 0.4) is 0 Å². The second kappa shape index (κ2) is 7.18. The summed E-state index contributed by atoms with van der Waals surface area (Å²) in [7, 11) is 0. The van der Waals surface area contributed by atoms with Crippen LogP contribution < -0.4 is 0 Å². The van der Waals surface area contributed by atoms with E-state index >= 15 is 0 Å². The molecule has 5 nitrogen and oxygen atoms in total. The van der Waals surface area contributed by atoms with Crippen molar-refractivity contribution in [2.24, 2.45) is 0 Å². The first-order chi connectivity index (χ1) is 12.2. The third-order valence-electron chi connectivity index (χ3n) is 4.45. The van der Waals surface area contributed by atoms with Gasteiger partial charge in [-0.1, -0.05) is 53.0 Å². The smallest absolute Gasteiger partial charge is 0.143 e. The van der Waals surface area contributed by atoms with Crippen molar-refractivity contribution < 1.29 is 10.2 Å². The number of rotatable bonds is 5. The number of hydrogen-bond donors (Lipinski definition) is 2. The van der Waals surface area contributed by atoms with Crippen molar-refractivity contribution in [3.8, 4) is 0 Å². The van der Waals surface area contributed by atoms with E-state index in [1.807, 2.05) is 0 Å². The fourth-order valence-electron chi connectivity index (χ4n) is 2.89. The largest absolute Gasteiger partial charge is 0.382 e. The first kappa shape index (κ1) is 19.1. The van der Waals surface area contributed by atoms with Crippen molar-refractivity contribution in [2.75, 3.05) is 0 Å². The molecule has 3 aromatic rings. The van der Waals surface area contributed by atoms with Crippen molar-refractivity contribution in [1.82, 2.24) is 14.8 Å². The maximum absolute atomic E-state index is 11.7. The highest BCUT2D eigenvalue weighted by molar-refractivity contribution is 6.35. The van der Waals surface area contributed by atoms with Crippen LogP contribution in [0.2, 0.25) is 15.1 Å². The number of halogens is 3. The van der Waals surface area contributed by atoms with E-state index < -0.39 is 11.2 Å². The minimum absolute atomic E-state index is 0.0794. The predicted octanol–water partition coefficient (Wildman–Crippen LogP) is 4.03. The predicted molar refractivity (Wildman–Crippen MR) is 101 cm³/mol. The Labute approximate surface area is 165 Å². The van der Waals surface area contributed by atoms with Gasteiger partial charge in [0.1, 0.15) is 23.9 Å². The molecule has 2 N–H and O–H groups in total. The van der Waals surface area contributed by atoms with Crippen LogP contribution in [0.15, 0.2) is 55.1 Å².